The Morgan fingerprint density at radius 2 is 1.90 bits per heavy atom. The SMILES string of the molecule is CCCCCOc1cccn(Cc2ccc(N)cc2)c1=O. The van der Waals surface area contributed by atoms with Gasteiger partial charge in [0, 0.05) is 11.9 Å². The van der Waals surface area contributed by atoms with E-state index >= 15 is 0 Å². The predicted octanol–water partition coefficient (Wildman–Crippen LogP) is 3.05. The van der Waals surface area contributed by atoms with Gasteiger partial charge in [0.1, 0.15) is 0 Å². The molecule has 0 saturated carbocycles. The summed E-state index contributed by atoms with van der Waals surface area (Å²) in [5.74, 6) is 0.420. The molecular weight excluding hydrogens is 264 g/mol. The number of ether oxygens (including phenoxy) is 1. The van der Waals surface area contributed by atoms with Gasteiger partial charge in [-0.25, -0.2) is 0 Å². The number of benzene rings is 1. The molecule has 0 atom stereocenters. The maximum atomic E-state index is 12.3. The van der Waals surface area contributed by atoms with Crippen LogP contribution < -0.4 is 16.0 Å². The second kappa shape index (κ2) is 7.53. The molecule has 0 aliphatic carbocycles. The van der Waals surface area contributed by atoms with Gasteiger partial charge in [-0.15, -0.1) is 0 Å². The lowest BCUT2D eigenvalue weighted by atomic mass is 10.2. The summed E-state index contributed by atoms with van der Waals surface area (Å²) in [6.45, 7) is 3.25. The van der Waals surface area contributed by atoms with E-state index in [1.54, 1.807) is 16.8 Å². The molecule has 0 radical (unpaired) electrons. The summed E-state index contributed by atoms with van der Waals surface area (Å²) in [4.78, 5) is 12.3. The summed E-state index contributed by atoms with van der Waals surface area (Å²) in [6, 6.07) is 11.1. The molecular formula is C17H22N2O2. The molecule has 1 aromatic heterocycles. The fourth-order valence-electron chi connectivity index (χ4n) is 2.10. The molecule has 4 heteroatoms. The highest BCUT2D eigenvalue weighted by Gasteiger charge is 2.05. The third kappa shape index (κ3) is 4.38. The van der Waals surface area contributed by atoms with Crippen molar-refractivity contribution < 1.29 is 4.74 Å². The van der Waals surface area contributed by atoms with E-state index in [2.05, 4.69) is 6.92 Å². The lowest BCUT2D eigenvalue weighted by Crippen LogP contribution is -2.22. The number of nitrogens with two attached hydrogens (primary N) is 1. The van der Waals surface area contributed by atoms with Crippen LogP contribution in [0.1, 0.15) is 31.7 Å². The van der Waals surface area contributed by atoms with Crippen molar-refractivity contribution >= 4 is 5.69 Å². The van der Waals surface area contributed by atoms with Crippen molar-refractivity contribution in [3.63, 3.8) is 0 Å². The van der Waals surface area contributed by atoms with Gasteiger partial charge in [0.05, 0.1) is 13.2 Å². The lowest BCUT2D eigenvalue weighted by molar-refractivity contribution is 0.300. The summed E-state index contributed by atoms with van der Waals surface area (Å²) in [7, 11) is 0. The maximum Gasteiger partial charge on any atom is 0.293 e. The summed E-state index contributed by atoms with van der Waals surface area (Å²) in [6.07, 6.45) is 5.01. The zero-order chi connectivity index (χ0) is 15.1. The summed E-state index contributed by atoms with van der Waals surface area (Å²) in [5, 5.41) is 0. The van der Waals surface area contributed by atoms with Gasteiger partial charge in [-0.05, 0) is 36.2 Å². The van der Waals surface area contributed by atoms with Gasteiger partial charge in [-0.2, -0.15) is 0 Å². The monoisotopic (exact) mass is 286 g/mol. The second-order valence-electron chi connectivity index (χ2n) is 5.10. The molecule has 0 unspecified atom stereocenters. The van der Waals surface area contributed by atoms with E-state index in [1.165, 1.54) is 0 Å². The van der Waals surface area contributed by atoms with E-state index in [0.29, 0.717) is 18.9 Å². The molecule has 0 amide bonds. The van der Waals surface area contributed by atoms with E-state index in [9.17, 15) is 4.79 Å². The molecule has 2 aromatic rings. The van der Waals surface area contributed by atoms with Crippen LogP contribution in [0.25, 0.3) is 0 Å². The average molecular weight is 286 g/mol. The lowest BCUT2D eigenvalue weighted by Gasteiger charge is -2.09. The Kier molecular flexibility index (Phi) is 5.43. The number of nitrogens with zero attached hydrogens (tertiary/aromatic N) is 1. The van der Waals surface area contributed by atoms with Crippen LogP contribution in [0.15, 0.2) is 47.4 Å². The van der Waals surface area contributed by atoms with Gasteiger partial charge < -0.3 is 15.0 Å². The third-order valence-corrected chi connectivity index (χ3v) is 3.32. The van der Waals surface area contributed by atoms with Gasteiger partial charge in [0.2, 0.25) is 0 Å². The number of hydrogen-bond acceptors (Lipinski definition) is 3. The van der Waals surface area contributed by atoms with E-state index in [0.717, 1.165) is 30.5 Å². The molecule has 0 aliphatic rings. The average Bonchev–Trinajstić information content (AvgIpc) is 2.49. The molecule has 1 aromatic carbocycles. The van der Waals surface area contributed by atoms with Crippen LogP contribution in [-0.2, 0) is 6.54 Å². The summed E-state index contributed by atoms with van der Waals surface area (Å²) >= 11 is 0. The van der Waals surface area contributed by atoms with E-state index in [-0.39, 0.29) is 5.56 Å². The number of aromatic nitrogens is 1. The standard InChI is InChI=1S/C17H22N2O2/c1-2-3-4-12-21-16-6-5-11-19(17(16)20)13-14-7-9-15(18)10-8-14/h5-11H,2-4,12-13,18H2,1H3. The number of nitrogen functional groups attached to an aromatic ring is 1. The Labute approximate surface area is 125 Å². The Morgan fingerprint density at radius 1 is 1.14 bits per heavy atom. The zero-order valence-electron chi connectivity index (χ0n) is 12.4. The van der Waals surface area contributed by atoms with Crippen molar-refractivity contribution in [1.29, 1.82) is 0 Å². The van der Waals surface area contributed by atoms with Crippen molar-refractivity contribution in [3.8, 4) is 5.75 Å². The van der Waals surface area contributed by atoms with Crippen LogP contribution in [-0.4, -0.2) is 11.2 Å². The fourth-order valence-corrected chi connectivity index (χ4v) is 2.10. The smallest absolute Gasteiger partial charge is 0.293 e. The number of hydrogen-bond donors (Lipinski definition) is 1. The molecule has 1 heterocycles. The third-order valence-electron chi connectivity index (χ3n) is 3.32. The highest BCUT2D eigenvalue weighted by molar-refractivity contribution is 5.39. The summed E-state index contributed by atoms with van der Waals surface area (Å²) in [5.41, 5.74) is 7.33. The molecule has 0 fully saturated rings. The van der Waals surface area contributed by atoms with Crippen LogP contribution in [0.2, 0.25) is 0 Å². The first-order valence-electron chi connectivity index (χ1n) is 7.37. The number of unbranched alkanes of at least 4 members (excludes halogenated alkanes) is 2. The van der Waals surface area contributed by atoms with E-state index < -0.39 is 0 Å². The van der Waals surface area contributed by atoms with Gasteiger partial charge in [0.25, 0.3) is 5.56 Å². The highest BCUT2D eigenvalue weighted by Crippen LogP contribution is 2.08. The van der Waals surface area contributed by atoms with Crippen molar-refractivity contribution in [1.82, 2.24) is 4.57 Å². The first kappa shape index (κ1) is 15.2. The Balaban J connectivity index is 2.06. The molecule has 0 saturated heterocycles. The highest BCUT2D eigenvalue weighted by atomic mass is 16.5. The Morgan fingerprint density at radius 3 is 2.62 bits per heavy atom. The van der Waals surface area contributed by atoms with Crippen molar-refractivity contribution in [2.75, 3.05) is 12.3 Å². The first-order chi connectivity index (χ1) is 10.2. The number of pyridine rings is 1. The molecule has 2 rings (SSSR count). The molecule has 0 aliphatic heterocycles. The maximum absolute atomic E-state index is 12.3. The zero-order valence-corrected chi connectivity index (χ0v) is 12.4. The molecule has 112 valence electrons. The van der Waals surface area contributed by atoms with Crippen molar-refractivity contribution in [2.45, 2.75) is 32.7 Å². The first-order valence-corrected chi connectivity index (χ1v) is 7.37. The molecule has 21 heavy (non-hydrogen) atoms. The minimum Gasteiger partial charge on any atom is -0.488 e. The minimum atomic E-state index is -0.0918. The van der Waals surface area contributed by atoms with Gasteiger partial charge in [-0.3, -0.25) is 4.79 Å². The Hall–Kier alpha value is -2.23. The number of rotatable bonds is 7. The van der Waals surface area contributed by atoms with Crippen LogP contribution in [0.4, 0.5) is 5.69 Å². The Bertz CT molecular complexity index is 617. The van der Waals surface area contributed by atoms with Gasteiger partial charge in [-0.1, -0.05) is 31.9 Å². The molecule has 0 spiro atoms. The fraction of sp³-hybridized carbons (Fsp3) is 0.353. The van der Waals surface area contributed by atoms with Gasteiger partial charge >= 0.3 is 0 Å². The largest absolute Gasteiger partial charge is 0.488 e. The van der Waals surface area contributed by atoms with Crippen LogP contribution in [0.5, 0.6) is 5.75 Å². The molecule has 4 nitrogen and oxygen atoms in total. The topological polar surface area (TPSA) is 57.2 Å². The summed E-state index contributed by atoms with van der Waals surface area (Å²) < 4.78 is 7.24. The van der Waals surface area contributed by atoms with Crippen molar-refractivity contribution in [2.24, 2.45) is 0 Å². The number of anilines is 1. The normalized spacial score (nSPS) is 10.5. The predicted molar refractivity (Wildman–Crippen MR) is 85.7 cm³/mol. The van der Waals surface area contributed by atoms with Crippen LogP contribution in [0.3, 0.4) is 0 Å². The van der Waals surface area contributed by atoms with E-state index in [4.69, 9.17) is 10.5 Å². The molecule has 0 bridgehead atoms. The van der Waals surface area contributed by atoms with E-state index in [1.807, 2.05) is 30.3 Å². The van der Waals surface area contributed by atoms with Crippen LogP contribution in [0, 0.1) is 0 Å². The molecule has 2 N–H and O–H groups in total. The van der Waals surface area contributed by atoms with Crippen molar-refractivity contribution in [3.05, 3.63) is 58.5 Å². The van der Waals surface area contributed by atoms with Gasteiger partial charge in [0.15, 0.2) is 5.75 Å². The van der Waals surface area contributed by atoms with Crippen LogP contribution >= 0.6 is 0 Å². The quantitative estimate of drug-likeness (QED) is 0.628. The minimum absolute atomic E-state index is 0.0918. The second-order valence-corrected chi connectivity index (χ2v) is 5.10.